The molecule has 0 N–H and O–H groups in total. The van der Waals surface area contributed by atoms with E-state index in [-0.39, 0.29) is 4.68 Å². The van der Waals surface area contributed by atoms with Crippen LogP contribution in [0.25, 0.3) is 0 Å². The second-order valence-electron chi connectivity index (χ2n) is 4.01. The number of aromatic nitrogens is 2. The molecule has 0 aromatic carbocycles. The second-order valence-corrected chi connectivity index (χ2v) is 4.01. The Bertz CT molecular complexity index is 344. The first-order chi connectivity index (χ1) is 6.88. The van der Waals surface area contributed by atoms with E-state index < -0.39 is 6.30 Å². The molecule has 1 aromatic rings. The van der Waals surface area contributed by atoms with E-state index in [1.54, 1.807) is 0 Å². The van der Waals surface area contributed by atoms with Crippen molar-refractivity contribution in [2.75, 3.05) is 0 Å². The van der Waals surface area contributed by atoms with Gasteiger partial charge in [-0.15, -0.1) is 13.2 Å². The Balaban J connectivity index is 2.20. The average molecular weight is 219 g/mol. The van der Waals surface area contributed by atoms with Gasteiger partial charge in [-0.05, 0) is 13.8 Å². The third-order valence-electron chi connectivity index (χ3n) is 2.59. The first kappa shape index (κ1) is 10.5. The average Bonchev–Trinajstić information content (AvgIpc) is 2.55. The molecule has 0 spiro atoms. The van der Waals surface area contributed by atoms with Gasteiger partial charge >= 0.3 is 6.30 Å². The van der Waals surface area contributed by atoms with Gasteiger partial charge in [0.1, 0.15) is 0 Å². The van der Waals surface area contributed by atoms with Gasteiger partial charge in [-0.1, -0.05) is 0 Å². The second kappa shape index (κ2) is 3.23. The van der Waals surface area contributed by atoms with Gasteiger partial charge in [0.15, 0.2) is 0 Å². The van der Waals surface area contributed by atoms with Gasteiger partial charge in [0.25, 0.3) is 0 Å². The van der Waals surface area contributed by atoms with Crippen LogP contribution in [-0.4, -0.2) is 20.7 Å². The Morgan fingerprint density at radius 2 is 2.00 bits per heavy atom. The molecule has 2 rings (SSSR count). The molecule has 6 heteroatoms. The van der Waals surface area contributed by atoms with Gasteiger partial charge in [0.05, 0.1) is 5.69 Å². The lowest BCUT2D eigenvalue weighted by atomic mass is 10.3. The van der Waals surface area contributed by atoms with E-state index in [0.717, 1.165) is 6.20 Å². The summed E-state index contributed by atoms with van der Waals surface area (Å²) in [4.78, 5) is 2.08. The Morgan fingerprint density at radius 3 is 2.47 bits per heavy atom. The summed E-state index contributed by atoms with van der Waals surface area (Å²) in [7, 11) is 0. The molecule has 2 heterocycles. The molecule has 0 fully saturated rings. The third-order valence-corrected chi connectivity index (χ3v) is 2.59. The van der Waals surface area contributed by atoms with Crippen LogP contribution in [-0.2, 0) is 19.4 Å². The van der Waals surface area contributed by atoms with E-state index in [2.05, 4.69) is 10.00 Å². The Kier molecular flexibility index (Phi) is 2.26. The molecule has 15 heavy (non-hydrogen) atoms. The van der Waals surface area contributed by atoms with Crippen LogP contribution in [0, 0.1) is 0 Å². The summed E-state index contributed by atoms with van der Waals surface area (Å²) in [5.41, 5.74) is 1.22. The number of alkyl halides is 3. The van der Waals surface area contributed by atoms with E-state index in [0.29, 0.717) is 30.4 Å². The molecule has 0 saturated carbocycles. The fourth-order valence-corrected chi connectivity index (χ4v) is 1.67. The zero-order valence-corrected chi connectivity index (χ0v) is 8.54. The molecule has 1 aliphatic rings. The number of hydrogen-bond donors (Lipinski definition) is 0. The number of rotatable bonds is 1. The molecule has 0 radical (unpaired) electrons. The van der Waals surface area contributed by atoms with Crippen LogP contribution >= 0.6 is 0 Å². The van der Waals surface area contributed by atoms with Crippen molar-refractivity contribution in [2.24, 2.45) is 0 Å². The van der Waals surface area contributed by atoms with Gasteiger partial charge in [-0.2, -0.15) is 9.78 Å². The Hall–Kier alpha value is -1.04. The van der Waals surface area contributed by atoms with E-state index >= 15 is 0 Å². The predicted octanol–water partition coefficient (Wildman–Crippen LogP) is 2.08. The minimum atomic E-state index is -4.40. The smallest absolute Gasteiger partial charge is 0.291 e. The van der Waals surface area contributed by atoms with Crippen molar-refractivity contribution in [3.8, 4) is 0 Å². The predicted molar refractivity (Wildman–Crippen MR) is 47.9 cm³/mol. The summed E-state index contributed by atoms with van der Waals surface area (Å²) in [6.45, 7) is 5.10. The van der Waals surface area contributed by atoms with Crippen LogP contribution in [0.2, 0.25) is 0 Å². The van der Waals surface area contributed by atoms with Gasteiger partial charge in [0.2, 0.25) is 0 Å². The van der Waals surface area contributed by atoms with E-state index in [9.17, 15) is 13.2 Å². The Labute approximate surface area is 85.5 Å². The maximum Gasteiger partial charge on any atom is 0.504 e. The molecule has 0 saturated heterocycles. The molecular weight excluding hydrogens is 207 g/mol. The minimum absolute atomic E-state index is 0.0926. The maximum absolute atomic E-state index is 12.3. The van der Waals surface area contributed by atoms with Crippen LogP contribution in [0.5, 0.6) is 0 Å². The van der Waals surface area contributed by atoms with Crippen LogP contribution in [0.4, 0.5) is 13.2 Å². The fraction of sp³-hybridized carbons (Fsp3) is 0.667. The SMILES string of the molecule is CC(C)N1Cc2cn(C(F)(F)F)nc2C1. The number of nitrogens with zero attached hydrogens (tertiary/aromatic N) is 3. The molecule has 0 aliphatic carbocycles. The summed E-state index contributed by atoms with van der Waals surface area (Å²) in [6, 6.07) is 0.332. The monoisotopic (exact) mass is 219 g/mol. The van der Waals surface area contributed by atoms with E-state index in [1.165, 1.54) is 0 Å². The molecule has 3 nitrogen and oxygen atoms in total. The normalized spacial score (nSPS) is 17.5. The summed E-state index contributed by atoms with van der Waals surface area (Å²) in [5, 5.41) is 3.54. The first-order valence-corrected chi connectivity index (χ1v) is 4.76. The quantitative estimate of drug-likeness (QED) is 0.721. The molecule has 0 atom stereocenters. The van der Waals surface area contributed by atoms with Gasteiger partial charge in [0, 0.05) is 30.9 Å². The van der Waals surface area contributed by atoms with Crippen molar-refractivity contribution in [3.05, 3.63) is 17.5 Å². The zero-order valence-electron chi connectivity index (χ0n) is 8.54. The topological polar surface area (TPSA) is 21.1 Å². The van der Waals surface area contributed by atoms with Crippen molar-refractivity contribution in [1.82, 2.24) is 14.7 Å². The largest absolute Gasteiger partial charge is 0.504 e. The first-order valence-electron chi connectivity index (χ1n) is 4.76. The van der Waals surface area contributed by atoms with Crippen LogP contribution in [0.1, 0.15) is 25.1 Å². The molecule has 1 aromatic heterocycles. The molecule has 0 bridgehead atoms. The number of fused-ring (bicyclic) bond motifs is 1. The lowest BCUT2D eigenvalue weighted by molar-refractivity contribution is -0.212. The van der Waals surface area contributed by atoms with Crippen molar-refractivity contribution in [2.45, 2.75) is 39.3 Å². The number of hydrogen-bond acceptors (Lipinski definition) is 2. The van der Waals surface area contributed by atoms with E-state index in [1.807, 2.05) is 13.8 Å². The van der Waals surface area contributed by atoms with Crippen molar-refractivity contribution in [3.63, 3.8) is 0 Å². The standard InChI is InChI=1S/C9H12F3N3/c1-6(2)14-3-7-4-15(9(10,11)12)13-8(7)5-14/h4,6H,3,5H2,1-2H3. The van der Waals surface area contributed by atoms with Crippen molar-refractivity contribution in [1.29, 1.82) is 0 Å². The summed E-state index contributed by atoms with van der Waals surface area (Å²) in [6.07, 6.45) is -3.31. The van der Waals surface area contributed by atoms with Crippen LogP contribution < -0.4 is 0 Å². The molecular formula is C9H12F3N3. The van der Waals surface area contributed by atoms with Crippen molar-refractivity contribution < 1.29 is 13.2 Å². The highest BCUT2D eigenvalue weighted by atomic mass is 19.4. The lowest BCUT2D eigenvalue weighted by Gasteiger charge is -2.19. The van der Waals surface area contributed by atoms with Crippen LogP contribution in [0.15, 0.2) is 6.20 Å². The molecule has 1 aliphatic heterocycles. The summed E-state index contributed by atoms with van der Waals surface area (Å²) in [5.74, 6) is 0. The molecule has 84 valence electrons. The number of halogens is 3. The van der Waals surface area contributed by atoms with Crippen LogP contribution in [0.3, 0.4) is 0 Å². The fourth-order valence-electron chi connectivity index (χ4n) is 1.67. The van der Waals surface area contributed by atoms with Gasteiger partial charge in [-0.3, -0.25) is 4.90 Å². The van der Waals surface area contributed by atoms with E-state index in [4.69, 9.17) is 0 Å². The van der Waals surface area contributed by atoms with Crippen molar-refractivity contribution >= 4 is 0 Å². The lowest BCUT2D eigenvalue weighted by Crippen LogP contribution is -2.26. The summed E-state index contributed by atoms with van der Waals surface area (Å²) >= 11 is 0. The molecule has 0 unspecified atom stereocenters. The maximum atomic E-state index is 12.3. The minimum Gasteiger partial charge on any atom is -0.291 e. The summed E-state index contributed by atoms with van der Waals surface area (Å²) < 4.78 is 36.9. The van der Waals surface area contributed by atoms with Gasteiger partial charge in [-0.25, -0.2) is 0 Å². The third kappa shape index (κ3) is 1.86. The highest BCUT2D eigenvalue weighted by Gasteiger charge is 2.35. The highest BCUT2D eigenvalue weighted by molar-refractivity contribution is 5.21. The molecule has 0 amide bonds. The highest BCUT2D eigenvalue weighted by Crippen LogP contribution is 2.28. The zero-order chi connectivity index (χ0) is 11.2. The van der Waals surface area contributed by atoms with Gasteiger partial charge < -0.3 is 0 Å². The Morgan fingerprint density at radius 1 is 1.33 bits per heavy atom.